The van der Waals surface area contributed by atoms with E-state index in [1.165, 1.54) is 35.2 Å². The zero-order valence-electron chi connectivity index (χ0n) is 22.7. The molecule has 0 N–H and O–H groups in total. The molecular weight excluding hydrogens is 554 g/mol. The minimum atomic E-state index is -0.553. The zero-order chi connectivity index (χ0) is 27.3. The van der Waals surface area contributed by atoms with Crippen LogP contribution in [0.5, 0.6) is 0 Å². The van der Waals surface area contributed by atoms with E-state index in [0.29, 0.717) is 0 Å². The van der Waals surface area contributed by atoms with Gasteiger partial charge in [-0.1, -0.05) is 120 Å². The zero-order valence-corrected chi connectivity index (χ0v) is 24.3. The van der Waals surface area contributed by atoms with Crippen molar-refractivity contribution < 1.29 is 4.79 Å². The van der Waals surface area contributed by atoms with Crippen molar-refractivity contribution in [2.75, 3.05) is 11.9 Å². The Morgan fingerprint density at radius 1 is 0.775 bits per heavy atom. The summed E-state index contributed by atoms with van der Waals surface area (Å²) in [5, 5.41) is 0. The Morgan fingerprint density at radius 3 is 2.10 bits per heavy atom. The van der Waals surface area contributed by atoms with Crippen LogP contribution in [-0.2, 0) is 5.41 Å². The first-order valence-corrected chi connectivity index (χ1v) is 15.0. The Balaban J connectivity index is 1.57. The number of carbonyl (C=O) groups is 1. The number of anilines is 1. The maximum absolute atomic E-state index is 15.0. The van der Waals surface area contributed by atoms with Gasteiger partial charge in [0.05, 0.1) is 11.5 Å². The first-order valence-electron chi connectivity index (χ1n) is 14.2. The molecule has 2 aliphatic carbocycles. The molecule has 0 radical (unpaired) electrons. The van der Waals surface area contributed by atoms with Crippen LogP contribution in [0.4, 0.5) is 5.69 Å². The molecular formula is C37H32BrNO. The van der Waals surface area contributed by atoms with Crippen LogP contribution in [-0.4, -0.2) is 18.4 Å². The molecule has 4 aromatic rings. The fourth-order valence-electron chi connectivity index (χ4n) is 7.91. The predicted molar refractivity (Wildman–Crippen MR) is 169 cm³/mol. The molecule has 1 aliphatic heterocycles. The van der Waals surface area contributed by atoms with Gasteiger partial charge in [-0.2, -0.15) is 0 Å². The summed E-state index contributed by atoms with van der Waals surface area (Å²) in [5.41, 5.74) is 7.23. The van der Waals surface area contributed by atoms with E-state index < -0.39 is 5.54 Å². The van der Waals surface area contributed by atoms with E-state index in [1.807, 2.05) is 30.3 Å². The van der Waals surface area contributed by atoms with Gasteiger partial charge >= 0.3 is 0 Å². The second-order valence-electron chi connectivity index (χ2n) is 11.4. The second kappa shape index (κ2) is 9.74. The van der Waals surface area contributed by atoms with E-state index in [-0.39, 0.29) is 17.1 Å². The van der Waals surface area contributed by atoms with Gasteiger partial charge in [-0.15, -0.1) is 0 Å². The summed E-state index contributed by atoms with van der Waals surface area (Å²) in [6, 6.07) is 38.0. The highest BCUT2D eigenvalue weighted by Gasteiger charge is 2.66. The Bertz CT molecular complexity index is 1630. The monoisotopic (exact) mass is 585 g/mol. The van der Waals surface area contributed by atoms with Gasteiger partial charge in [-0.25, -0.2) is 0 Å². The second-order valence-corrected chi connectivity index (χ2v) is 12.3. The summed E-state index contributed by atoms with van der Waals surface area (Å²) in [6.45, 7) is 0. The average Bonchev–Trinajstić information content (AvgIpc) is 3.58. The number of hydrogen-bond donors (Lipinski definition) is 0. The number of nitrogens with zero attached hydrogens (tertiary/aromatic N) is 1. The Kier molecular flexibility index (Phi) is 6.16. The third-order valence-electron chi connectivity index (χ3n) is 9.60. The SMILES string of the molecule is CN1c2ccccc2C2(CCCC2)[C@@]12C=C(c1ccccc1)C=C(c1ccc(Br)cc1)[C@H]2C(=O)c1ccccc1. The molecule has 4 aromatic carbocycles. The van der Waals surface area contributed by atoms with Crippen molar-refractivity contribution in [3.05, 3.63) is 148 Å². The maximum atomic E-state index is 15.0. The van der Waals surface area contributed by atoms with Crippen LogP contribution < -0.4 is 4.90 Å². The van der Waals surface area contributed by atoms with Gasteiger partial charge in [0.25, 0.3) is 0 Å². The topological polar surface area (TPSA) is 20.3 Å². The molecule has 1 heterocycles. The number of hydrogen-bond acceptors (Lipinski definition) is 2. The molecule has 0 bridgehead atoms. The molecule has 2 spiro atoms. The smallest absolute Gasteiger partial charge is 0.173 e. The molecule has 0 unspecified atom stereocenters. The third-order valence-corrected chi connectivity index (χ3v) is 10.1. The van der Waals surface area contributed by atoms with Crippen molar-refractivity contribution in [3.8, 4) is 0 Å². The largest absolute Gasteiger partial charge is 0.363 e. The summed E-state index contributed by atoms with van der Waals surface area (Å²) in [5.74, 6) is -0.192. The predicted octanol–water partition coefficient (Wildman–Crippen LogP) is 9.13. The lowest BCUT2D eigenvalue weighted by Gasteiger charge is -2.53. The van der Waals surface area contributed by atoms with Gasteiger partial charge in [0.15, 0.2) is 5.78 Å². The molecule has 40 heavy (non-hydrogen) atoms. The highest BCUT2D eigenvalue weighted by molar-refractivity contribution is 9.10. The van der Waals surface area contributed by atoms with Gasteiger partial charge < -0.3 is 4.90 Å². The summed E-state index contributed by atoms with van der Waals surface area (Å²) < 4.78 is 1.03. The number of likely N-dealkylation sites (N-methyl/N-ethyl adjacent to an activating group) is 1. The third kappa shape index (κ3) is 3.64. The molecule has 2 nitrogen and oxygen atoms in total. The van der Waals surface area contributed by atoms with Crippen molar-refractivity contribution in [2.45, 2.75) is 36.6 Å². The van der Waals surface area contributed by atoms with Crippen molar-refractivity contribution in [1.29, 1.82) is 0 Å². The van der Waals surface area contributed by atoms with E-state index in [1.54, 1.807) is 0 Å². The van der Waals surface area contributed by atoms with E-state index in [9.17, 15) is 4.79 Å². The Labute approximate surface area is 245 Å². The molecule has 1 fully saturated rings. The van der Waals surface area contributed by atoms with Gasteiger partial charge in [0.2, 0.25) is 0 Å². The van der Waals surface area contributed by atoms with Crippen LogP contribution in [0.15, 0.2) is 126 Å². The maximum Gasteiger partial charge on any atom is 0.173 e. The van der Waals surface area contributed by atoms with Gasteiger partial charge in [-0.3, -0.25) is 4.79 Å². The Hall–Kier alpha value is -3.69. The highest BCUT2D eigenvalue weighted by Crippen LogP contribution is 2.65. The minimum Gasteiger partial charge on any atom is -0.363 e. The number of benzene rings is 4. The van der Waals surface area contributed by atoms with E-state index in [2.05, 4.69) is 119 Å². The van der Waals surface area contributed by atoms with Crippen molar-refractivity contribution >= 4 is 38.5 Å². The molecule has 1 saturated carbocycles. The van der Waals surface area contributed by atoms with Crippen LogP contribution in [0, 0.1) is 5.92 Å². The van der Waals surface area contributed by atoms with Gasteiger partial charge in [-0.05, 0) is 71.0 Å². The summed E-state index contributed by atoms with van der Waals surface area (Å²) in [6.07, 6.45) is 9.23. The molecule has 0 aromatic heterocycles. The molecule has 0 amide bonds. The van der Waals surface area contributed by atoms with Crippen molar-refractivity contribution in [2.24, 2.45) is 5.92 Å². The normalized spacial score (nSPS) is 22.8. The number of halogens is 1. The number of Topliss-reactive ketones (excluding diaryl/α,β-unsaturated/α-hetero) is 1. The van der Waals surface area contributed by atoms with Crippen LogP contribution >= 0.6 is 15.9 Å². The lowest BCUT2D eigenvalue weighted by molar-refractivity contribution is 0.0874. The highest BCUT2D eigenvalue weighted by atomic mass is 79.9. The lowest BCUT2D eigenvalue weighted by atomic mass is 9.55. The van der Waals surface area contributed by atoms with E-state index >= 15 is 0 Å². The van der Waals surface area contributed by atoms with Crippen LogP contribution in [0.25, 0.3) is 11.1 Å². The number of fused-ring (bicyclic) bond motifs is 3. The molecule has 0 saturated heterocycles. The quantitative estimate of drug-likeness (QED) is 0.222. The molecule has 3 aliphatic rings. The molecule has 198 valence electrons. The lowest BCUT2D eigenvalue weighted by Crippen LogP contribution is -2.62. The number of allylic oxidation sites excluding steroid dienone is 2. The fraction of sp³-hybridized carbons (Fsp3) is 0.216. The standard InChI is InChI=1S/C37H32BrNO/c1-39-33-17-9-8-16-32(33)36(22-10-11-23-36)37(39)25-29(26-12-4-2-5-13-26)24-31(27-18-20-30(38)21-19-27)34(37)35(40)28-14-6-3-7-15-28/h2-9,12-21,24-25,34H,10-11,22-23H2,1H3/t34-,37-/m0/s1. The number of ketones is 1. The van der Waals surface area contributed by atoms with Crippen LogP contribution in [0.3, 0.4) is 0 Å². The minimum absolute atomic E-state index is 0.164. The summed E-state index contributed by atoms with van der Waals surface area (Å²) >= 11 is 3.63. The van der Waals surface area contributed by atoms with Crippen molar-refractivity contribution in [3.63, 3.8) is 0 Å². The number of rotatable bonds is 4. The summed E-state index contributed by atoms with van der Waals surface area (Å²) in [7, 11) is 2.22. The van der Waals surface area contributed by atoms with E-state index in [0.717, 1.165) is 34.0 Å². The van der Waals surface area contributed by atoms with Crippen LogP contribution in [0.2, 0.25) is 0 Å². The fourth-order valence-corrected chi connectivity index (χ4v) is 8.17. The summed E-state index contributed by atoms with van der Waals surface area (Å²) in [4.78, 5) is 17.5. The van der Waals surface area contributed by atoms with Crippen molar-refractivity contribution in [1.82, 2.24) is 0 Å². The average molecular weight is 587 g/mol. The molecule has 2 atom stereocenters. The Morgan fingerprint density at radius 2 is 1.40 bits per heavy atom. The molecule has 7 rings (SSSR count). The number of carbonyl (C=O) groups excluding carboxylic acids is 1. The first-order chi connectivity index (χ1) is 19.5. The number of para-hydroxylation sites is 1. The van der Waals surface area contributed by atoms with Gasteiger partial charge in [0, 0.05) is 28.2 Å². The first kappa shape index (κ1) is 25.3. The molecule has 3 heteroatoms. The van der Waals surface area contributed by atoms with Gasteiger partial charge in [0.1, 0.15) is 0 Å². The van der Waals surface area contributed by atoms with E-state index in [4.69, 9.17) is 0 Å². The van der Waals surface area contributed by atoms with Crippen LogP contribution in [0.1, 0.15) is 52.7 Å².